The van der Waals surface area contributed by atoms with E-state index in [9.17, 15) is 14.0 Å². The lowest BCUT2D eigenvalue weighted by Crippen LogP contribution is -2.51. The van der Waals surface area contributed by atoms with E-state index in [-0.39, 0.29) is 24.7 Å². The monoisotopic (exact) mass is 283 g/mol. The summed E-state index contributed by atoms with van der Waals surface area (Å²) in [6, 6.07) is 5.89. The van der Waals surface area contributed by atoms with Crippen molar-refractivity contribution in [3.8, 4) is 5.75 Å². The number of rotatable bonds is 6. The van der Waals surface area contributed by atoms with Crippen molar-refractivity contribution in [2.75, 3.05) is 13.7 Å². The number of carboxylic acid groups (broad SMARTS) is 1. The molecule has 0 atom stereocenters. The molecule has 5 nitrogen and oxygen atoms in total. The molecule has 0 aliphatic carbocycles. The minimum atomic E-state index is -1.30. The second-order valence-electron chi connectivity index (χ2n) is 4.85. The summed E-state index contributed by atoms with van der Waals surface area (Å²) in [6.07, 6.45) is -0.0262. The Labute approximate surface area is 117 Å². The van der Waals surface area contributed by atoms with E-state index >= 15 is 0 Å². The van der Waals surface area contributed by atoms with Crippen LogP contribution < -0.4 is 4.74 Å². The van der Waals surface area contributed by atoms with Crippen LogP contribution in [0.15, 0.2) is 24.3 Å². The van der Waals surface area contributed by atoms with Crippen LogP contribution in [0.4, 0.5) is 4.39 Å². The van der Waals surface area contributed by atoms with E-state index in [0.717, 1.165) is 4.90 Å². The van der Waals surface area contributed by atoms with Gasteiger partial charge in [0.15, 0.2) is 11.6 Å². The highest BCUT2D eigenvalue weighted by molar-refractivity contribution is 5.86. The van der Waals surface area contributed by atoms with Gasteiger partial charge in [0.25, 0.3) is 0 Å². The van der Waals surface area contributed by atoms with Gasteiger partial charge in [-0.1, -0.05) is 12.1 Å². The largest absolute Gasteiger partial charge is 0.490 e. The second-order valence-corrected chi connectivity index (χ2v) is 4.85. The van der Waals surface area contributed by atoms with Crippen molar-refractivity contribution in [1.82, 2.24) is 4.90 Å². The summed E-state index contributed by atoms with van der Waals surface area (Å²) < 4.78 is 18.4. The van der Waals surface area contributed by atoms with Gasteiger partial charge >= 0.3 is 5.97 Å². The number of carboxylic acids is 1. The Morgan fingerprint density at radius 2 is 1.95 bits per heavy atom. The lowest BCUT2D eigenvalue weighted by atomic mass is 10.0. The Morgan fingerprint density at radius 3 is 2.50 bits per heavy atom. The molecule has 110 valence electrons. The number of likely N-dealkylation sites (N-methyl/N-ethyl adjacent to an activating group) is 1. The molecule has 0 spiro atoms. The number of amides is 1. The van der Waals surface area contributed by atoms with Crippen molar-refractivity contribution in [2.45, 2.75) is 25.8 Å². The van der Waals surface area contributed by atoms with E-state index in [0.29, 0.717) is 0 Å². The molecule has 1 aromatic carbocycles. The van der Waals surface area contributed by atoms with Crippen molar-refractivity contribution in [3.63, 3.8) is 0 Å². The molecule has 0 saturated carbocycles. The summed E-state index contributed by atoms with van der Waals surface area (Å²) in [5, 5.41) is 9.03. The maximum absolute atomic E-state index is 13.3. The van der Waals surface area contributed by atoms with Gasteiger partial charge in [0.1, 0.15) is 5.54 Å². The van der Waals surface area contributed by atoms with E-state index in [1.165, 1.54) is 39.1 Å². The van der Waals surface area contributed by atoms with Crippen LogP contribution in [-0.2, 0) is 9.59 Å². The molecule has 0 aliphatic rings. The molecule has 0 saturated heterocycles. The summed E-state index contributed by atoms with van der Waals surface area (Å²) in [5.41, 5.74) is -1.30. The molecule has 1 N–H and O–H groups in total. The highest BCUT2D eigenvalue weighted by Crippen LogP contribution is 2.17. The van der Waals surface area contributed by atoms with Crippen LogP contribution in [0.3, 0.4) is 0 Å². The number of nitrogens with zero attached hydrogens (tertiary/aromatic N) is 1. The molecule has 1 aromatic rings. The first-order valence-corrected chi connectivity index (χ1v) is 6.14. The van der Waals surface area contributed by atoms with E-state index in [1.807, 2.05) is 0 Å². The molecule has 0 bridgehead atoms. The molecule has 6 heteroatoms. The van der Waals surface area contributed by atoms with Crippen LogP contribution in [0.2, 0.25) is 0 Å². The van der Waals surface area contributed by atoms with Crippen LogP contribution in [0, 0.1) is 5.82 Å². The zero-order valence-corrected chi connectivity index (χ0v) is 11.7. The van der Waals surface area contributed by atoms with Crippen LogP contribution in [0.5, 0.6) is 5.75 Å². The van der Waals surface area contributed by atoms with Crippen LogP contribution in [-0.4, -0.2) is 41.1 Å². The van der Waals surface area contributed by atoms with E-state index in [1.54, 1.807) is 6.07 Å². The first-order chi connectivity index (χ1) is 9.26. The fourth-order valence-electron chi connectivity index (χ4n) is 1.43. The van der Waals surface area contributed by atoms with E-state index in [4.69, 9.17) is 9.84 Å². The number of benzene rings is 1. The summed E-state index contributed by atoms with van der Waals surface area (Å²) >= 11 is 0. The lowest BCUT2D eigenvalue weighted by molar-refractivity contribution is -0.155. The number of para-hydroxylation sites is 1. The van der Waals surface area contributed by atoms with Gasteiger partial charge in [-0.3, -0.25) is 4.79 Å². The quantitative estimate of drug-likeness (QED) is 0.866. The Balaban J connectivity index is 2.52. The Morgan fingerprint density at radius 1 is 1.35 bits per heavy atom. The molecule has 0 heterocycles. The minimum absolute atomic E-state index is 0.0141. The highest BCUT2D eigenvalue weighted by Gasteiger charge is 2.34. The number of hydrogen-bond acceptors (Lipinski definition) is 3. The third kappa shape index (κ3) is 3.69. The van der Waals surface area contributed by atoms with Crippen LogP contribution in [0.1, 0.15) is 20.3 Å². The van der Waals surface area contributed by atoms with Crippen molar-refractivity contribution < 1.29 is 23.8 Å². The Kier molecular flexibility index (Phi) is 5.07. The number of halogens is 1. The maximum atomic E-state index is 13.3. The Bertz CT molecular complexity index is 502. The van der Waals surface area contributed by atoms with Gasteiger partial charge in [-0.25, -0.2) is 9.18 Å². The van der Waals surface area contributed by atoms with Gasteiger partial charge < -0.3 is 14.7 Å². The molecule has 0 aliphatic heterocycles. The van der Waals surface area contributed by atoms with Crippen LogP contribution >= 0.6 is 0 Å². The first-order valence-electron chi connectivity index (χ1n) is 6.14. The van der Waals surface area contributed by atoms with Gasteiger partial charge in [-0.15, -0.1) is 0 Å². The average Bonchev–Trinajstić information content (AvgIpc) is 2.39. The normalized spacial score (nSPS) is 11.0. The number of carbonyl (C=O) groups excluding carboxylic acids is 1. The fraction of sp³-hybridized carbons (Fsp3) is 0.429. The van der Waals surface area contributed by atoms with E-state index < -0.39 is 17.3 Å². The van der Waals surface area contributed by atoms with Gasteiger partial charge in [-0.05, 0) is 26.0 Å². The number of carbonyl (C=O) groups is 2. The van der Waals surface area contributed by atoms with Crippen LogP contribution in [0.25, 0.3) is 0 Å². The van der Waals surface area contributed by atoms with Gasteiger partial charge in [-0.2, -0.15) is 0 Å². The fourth-order valence-corrected chi connectivity index (χ4v) is 1.43. The topological polar surface area (TPSA) is 66.8 Å². The molecule has 20 heavy (non-hydrogen) atoms. The zero-order chi connectivity index (χ0) is 15.3. The standard InChI is InChI=1S/C14H18FNO4/c1-14(2,13(18)19)16(3)12(17)8-9-20-11-7-5-4-6-10(11)15/h4-7H,8-9H2,1-3H3,(H,18,19). The molecular formula is C14H18FNO4. The summed E-state index contributed by atoms with van der Waals surface area (Å²) in [5.74, 6) is -1.91. The minimum Gasteiger partial charge on any atom is -0.490 e. The average molecular weight is 283 g/mol. The van der Waals surface area contributed by atoms with Gasteiger partial charge in [0.2, 0.25) is 5.91 Å². The van der Waals surface area contributed by atoms with Crippen molar-refractivity contribution >= 4 is 11.9 Å². The summed E-state index contributed by atoms with van der Waals surface area (Å²) in [7, 11) is 1.42. The Hall–Kier alpha value is -2.11. The van der Waals surface area contributed by atoms with Crippen molar-refractivity contribution in [2.24, 2.45) is 0 Å². The SMILES string of the molecule is CN(C(=O)CCOc1ccccc1F)C(C)(C)C(=O)O. The lowest BCUT2D eigenvalue weighted by Gasteiger charge is -2.31. The summed E-state index contributed by atoms with van der Waals surface area (Å²) in [6.45, 7) is 2.86. The molecule has 1 amide bonds. The number of aliphatic carboxylic acids is 1. The molecule has 0 unspecified atom stereocenters. The molecular weight excluding hydrogens is 265 g/mol. The van der Waals surface area contributed by atoms with Crippen molar-refractivity contribution in [1.29, 1.82) is 0 Å². The predicted octanol–water partition coefficient (Wildman–Crippen LogP) is 1.92. The van der Waals surface area contributed by atoms with Gasteiger partial charge in [0.05, 0.1) is 13.0 Å². The third-order valence-electron chi connectivity index (χ3n) is 3.15. The molecule has 0 radical (unpaired) electrons. The maximum Gasteiger partial charge on any atom is 0.329 e. The number of ether oxygens (including phenoxy) is 1. The molecule has 1 rings (SSSR count). The zero-order valence-electron chi connectivity index (χ0n) is 11.7. The second kappa shape index (κ2) is 6.36. The summed E-state index contributed by atoms with van der Waals surface area (Å²) in [4.78, 5) is 24.0. The number of hydrogen-bond donors (Lipinski definition) is 1. The van der Waals surface area contributed by atoms with Crippen molar-refractivity contribution in [3.05, 3.63) is 30.1 Å². The van der Waals surface area contributed by atoms with Gasteiger partial charge in [0, 0.05) is 7.05 Å². The smallest absolute Gasteiger partial charge is 0.329 e. The van der Waals surface area contributed by atoms with E-state index in [2.05, 4.69) is 0 Å². The first kappa shape index (κ1) is 15.9. The molecule has 0 aromatic heterocycles. The molecule has 0 fully saturated rings. The third-order valence-corrected chi connectivity index (χ3v) is 3.15. The predicted molar refractivity (Wildman–Crippen MR) is 71.0 cm³/mol. The highest BCUT2D eigenvalue weighted by atomic mass is 19.1.